The van der Waals surface area contributed by atoms with Crippen LogP contribution in [0, 0.1) is 5.82 Å². The van der Waals surface area contributed by atoms with Crippen LogP contribution in [0.5, 0.6) is 5.75 Å². The lowest BCUT2D eigenvalue weighted by Crippen LogP contribution is -2.19. The van der Waals surface area contributed by atoms with Gasteiger partial charge in [0.25, 0.3) is 0 Å². The summed E-state index contributed by atoms with van der Waals surface area (Å²) in [6.07, 6.45) is 1.45. The summed E-state index contributed by atoms with van der Waals surface area (Å²) < 4.78 is 13.7. The van der Waals surface area contributed by atoms with E-state index in [-0.39, 0.29) is 23.9 Å². The van der Waals surface area contributed by atoms with Gasteiger partial charge in [-0.15, -0.1) is 0 Å². The van der Waals surface area contributed by atoms with E-state index in [0.717, 1.165) is 0 Å². The number of hydrazone groups is 1. The fourth-order valence-corrected chi connectivity index (χ4v) is 2.03. The summed E-state index contributed by atoms with van der Waals surface area (Å²) in [6.45, 7) is 0. The number of phenolic OH excluding ortho intramolecular Hbond substituents is 1. The number of nitrogens with one attached hydrogen (secondary N) is 1. The minimum absolute atomic E-state index is 0.0933. The molecule has 108 valence electrons. The number of halogens is 2. The molecule has 0 radical (unpaired) electrons. The molecule has 6 heteroatoms. The Bertz CT molecular complexity index is 689. The molecule has 4 nitrogen and oxygen atoms in total. The Kier molecular flexibility index (Phi) is 5.05. The van der Waals surface area contributed by atoms with E-state index in [0.29, 0.717) is 15.6 Å². The maximum absolute atomic E-state index is 13.1. The zero-order valence-corrected chi connectivity index (χ0v) is 12.5. The molecular formula is C15H12BrFN2O2. The molecule has 0 heterocycles. The fourth-order valence-electron chi connectivity index (χ4n) is 1.68. The fraction of sp³-hybridized carbons (Fsp3) is 0.0667. The summed E-state index contributed by atoms with van der Waals surface area (Å²) in [5.74, 6) is -0.609. The molecule has 0 spiro atoms. The minimum Gasteiger partial charge on any atom is -0.508 e. The Hall–Kier alpha value is -2.21. The van der Waals surface area contributed by atoms with Gasteiger partial charge in [-0.3, -0.25) is 4.79 Å². The lowest BCUT2D eigenvalue weighted by Gasteiger charge is -2.02. The van der Waals surface area contributed by atoms with Gasteiger partial charge in [0.15, 0.2) is 0 Å². The normalized spacial score (nSPS) is 10.8. The van der Waals surface area contributed by atoms with Crippen molar-refractivity contribution in [1.29, 1.82) is 0 Å². The van der Waals surface area contributed by atoms with Gasteiger partial charge in [0.1, 0.15) is 11.6 Å². The van der Waals surface area contributed by atoms with Crippen LogP contribution >= 0.6 is 15.9 Å². The van der Waals surface area contributed by atoms with Crippen LogP contribution in [0.15, 0.2) is 52.0 Å². The molecule has 0 fully saturated rings. The number of phenols is 1. The third kappa shape index (κ3) is 4.68. The number of benzene rings is 2. The molecule has 2 rings (SSSR count). The number of amides is 1. The number of carbonyl (C=O) groups is 1. The summed E-state index contributed by atoms with van der Waals surface area (Å²) in [6, 6.07) is 10.6. The smallest absolute Gasteiger partial charge is 0.244 e. The van der Waals surface area contributed by atoms with Gasteiger partial charge in [0.05, 0.1) is 12.6 Å². The summed E-state index contributed by atoms with van der Waals surface area (Å²) in [4.78, 5) is 11.7. The van der Waals surface area contributed by atoms with Crippen LogP contribution in [0.3, 0.4) is 0 Å². The van der Waals surface area contributed by atoms with E-state index in [4.69, 9.17) is 0 Å². The number of aromatic hydroxyl groups is 1. The average molecular weight is 351 g/mol. The molecule has 0 bridgehead atoms. The second kappa shape index (κ2) is 6.99. The van der Waals surface area contributed by atoms with Gasteiger partial charge >= 0.3 is 0 Å². The van der Waals surface area contributed by atoms with Crippen molar-refractivity contribution in [2.24, 2.45) is 5.10 Å². The van der Waals surface area contributed by atoms with Crippen LogP contribution in [0.25, 0.3) is 0 Å². The number of hydrogen-bond acceptors (Lipinski definition) is 3. The highest BCUT2D eigenvalue weighted by atomic mass is 79.9. The molecule has 0 aliphatic carbocycles. The first-order chi connectivity index (χ1) is 10.0. The average Bonchev–Trinajstić information content (AvgIpc) is 2.42. The van der Waals surface area contributed by atoms with E-state index in [1.165, 1.54) is 30.5 Å². The van der Waals surface area contributed by atoms with Gasteiger partial charge < -0.3 is 5.11 Å². The zero-order chi connectivity index (χ0) is 15.2. The van der Waals surface area contributed by atoms with Crippen molar-refractivity contribution in [2.75, 3.05) is 0 Å². The molecule has 21 heavy (non-hydrogen) atoms. The topological polar surface area (TPSA) is 61.7 Å². The predicted octanol–water partition coefficient (Wildman–Crippen LogP) is 2.99. The Morgan fingerprint density at radius 1 is 1.33 bits per heavy atom. The summed E-state index contributed by atoms with van der Waals surface area (Å²) in [5, 5.41) is 13.1. The largest absolute Gasteiger partial charge is 0.508 e. The van der Waals surface area contributed by atoms with Gasteiger partial charge in [0.2, 0.25) is 5.91 Å². The van der Waals surface area contributed by atoms with E-state index in [1.54, 1.807) is 18.2 Å². The quantitative estimate of drug-likeness (QED) is 0.657. The molecule has 0 aliphatic heterocycles. The summed E-state index contributed by atoms with van der Waals surface area (Å²) in [7, 11) is 0. The van der Waals surface area contributed by atoms with Crippen LogP contribution in [0.2, 0.25) is 0 Å². The van der Waals surface area contributed by atoms with E-state index >= 15 is 0 Å². The molecular weight excluding hydrogens is 339 g/mol. The van der Waals surface area contributed by atoms with Crippen molar-refractivity contribution >= 4 is 28.1 Å². The molecule has 0 aromatic heterocycles. The second-order valence-corrected chi connectivity index (χ2v) is 5.16. The summed E-state index contributed by atoms with van der Waals surface area (Å²) >= 11 is 3.26. The monoisotopic (exact) mass is 350 g/mol. The van der Waals surface area contributed by atoms with Gasteiger partial charge in [-0.05, 0) is 35.9 Å². The minimum atomic E-state index is -0.384. The van der Waals surface area contributed by atoms with Gasteiger partial charge in [-0.25, -0.2) is 9.82 Å². The Morgan fingerprint density at radius 2 is 2.14 bits per heavy atom. The molecule has 2 N–H and O–H groups in total. The highest BCUT2D eigenvalue weighted by Gasteiger charge is 2.03. The first-order valence-corrected chi connectivity index (χ1v) is 6.89. The molecule has 0 unspecified atom stereocenters. The highest BCUT2D eigenvalue weighted by molar-refractivity contribution is 9.10. The molecule has 0 atom stereocenters. The number of rotatable bonds is 4. The predicted molar refractivity (Wildman–Crippen MR) is 81.6 cm³/mol. The van der Waals surface area contributed by atoms with Crippen molar-refractivity contribution in [3.63, 3.8) is 0 Å². The zero-order valence-electron chi connectivity index (χ0n) is 10.9. The van der Waals surface area contributed by atoms with Crippen LogP contribution in [0.4, 0.5) is 4.39 Å². The van der Waals surface area contributed by atoms with E-state index < -0.39 is 0 Å². The third-order valence-electron chi connectivity index (χ3n) is 2.63. The van der Waals surface area contributed by atoms with Crippen LogP contribution in [-0.2, 0) is 11.2 Å². The Morgan fingerprint density at radius 3 is 2.90 bits per heavy atom. The van der Waals surface area contributed by atoms with Crippen molar-refractivity contribution in [3.8, 4) is 5.75 Å². The first-order valence-electron chi connectivity index (χ1n) is 6.09. The Labute approximate surface area is 129 Å². The van der Waals surface area contributed by atoms with Crippen LogP contribution < -0.4 is 5.43 Å². The maximum Gasteiger partial charge on any atom is 0.244 e. The van der Waals surface area contributed by atoms with Crippen LogP contribution in [-0.4, -0.2) is 17.2 Å². The van der Waals surface area contributed by atoms with Crippen molar-refractivity contribution in [2.45, 2.75) is 6.42 Å². The third-order valence-corrected chi connectivity index (χ3v) is 3.35. The van der Waals surface area contributed by atoms with E-state index in [1.807, 2.05) is 0 Å². The van der Waals surface area contributed by atoms with Crippen molar-refractivity contribution < 1.29 is 14.3 Å². The lowest BCUT2D eigenvalue weighted by atomic mass is 10.1. The standard InChI is InChI=1S/C15H12BrFN2O2/c16-14-5-4-12(17)8-11(14)9-18-19-15(21)7-10-2-1-3-13(20)6-10/h1-6,8-9,20H,7H2,(H,19,21)/b18-9+. The van der Waals surface area contributed by atoms with Gasteiger partial charge in [-0.1, -0.05) is 28.1 Å². The first kappa shape index (κ1) is 15.2. The molecule has 2 aromatic carbocycles. The van der Waals surface area contributed by atoms with E-state index in [2.05, 4.69) is 26.5 Å². The molecule has 2 aromatic rings. The highest BCUT2D eigenvalue weighted by Crippen LogP contribution is 2.15. The van der Waals surface area contributed by atoms with Crippen LogP contribution in [0.1, 0.15) is 11.1 Å². The Balaban J connectivity index is 1.94. The van der Waals surface area contributed by atoms with Gasteiger partial charge in [-0.2, -0.15) is 5.10 Å². The van der Waals surface area contributed by atoms with Crippen molar-refractivity contribution in [1.82, 2.24) is 5.43 Å². The lowest BCUT2D eigenvalue weighted by molar-refractivity contribution is -0.120. The maximum atomic E-state index is 13.1. The number of carbonyl (C=O) groups excluding carboxylic acids is 1. The van der Waals surface area contributed by atoms with Gasteiger partial charge in [0, 0.05) is 10.0 Å². The molecule has 0 saturated heterocycles. The molecule has 1 amide bonds. The number of hydrogen-bond donors (Lipinski definition) is 2. The SMILES string of the molecule is O=C(Cc1cccc(O)c1)N/N=C/c1cc(F)ccc1Br. The summed E-state index contributed by atoms with van der Waals surface area (Å²) in [5.41, 5.74) is 3.55. The van der Waals surface area contributed by atoms with E-state index in [9.17, 15) is 14.3 Å². The second-order valence-electron chi connectivity index (χ2n) is 4.31. The molecule has 0 saturated carbocycles. The van der Waals surface area contributed by atoms with Crippen molar-refractivity contribution in [3.05, 3.63) is 63.9 Å². The molecule has 0 aliphatic rings. The number of nitrogens with zero attached hydrogens (tertiary/aromatic N) is 1.